The molecular formula is C32H32FN3O4S. The van der Waals surface area contributed by atoms with Gasteiger partial charge in [0.1, 0.15) is 11.6 Å². The molecule has 9 heteroatoms. The summed E-state index contributed by atoms with van der Waals surface area (Å²) in [5, 5.41) is 0. The number of halogens is 1. The molecule has 7 nitrogen and oxygen atoms in total. The van der Waals surface area contributed by atoms with E-state index in [9.17, 15) is 17.6 Å². The van der Waals surface area contributed by atoms with Crippen LogP contribution >= 0.6 is 0 Å². The number of anilines is 2. The smallest absolute Gasteiger partial charge is 0.264 e. The van der Waals surface area contributed by atoms with Gasteiger partial charge in [-0.15, -0.1) is 0 Å². The number of sulfonamides is 1. The Hall–Kier alpha value is -4.37. The van der Waals surface area contributed by atoms with Crippen LogP contribution in [0.4, 0.5) is 15.8 Å². The summed E-state index contributed by atoms with van der Waals surface area (Å²) < 4.78 is 48.6. The van der Waals surface area contributed by atoms with Crippen molar-refractivity contribution < 1.29 is 22.3 Å². The summed E-state index contributed by atoms with van der Waals surface area (Å²) in [6.07, 6.45) is 0. The minimum Gasteiger partial charge on any atom is -0.484 e. The predicted octanol–water partition coefficient (Wildman–Crippen LogP) is 5.26. The fraction of sp³-hybridized carbons (Fsp3) is 0.219. The molecular weight excluding hydrogens is 541 g/mol. The van der Waals surface area contributed by atoms with Crippen LogP contribution in [0.15, 0.2) is 108 Å². The fourth-order valence-electron chi connectivity index (χ4n) is 4.75. The number of piperazine rings is 1. The molecule has 0 unspecified atom stereocenters. The van der Waals surface area contributed by atoms with Crippen molar-refractivity contribution in [2.45, 2.75) is 18.4 Å². The summed E-state index contributed by atoms with van der Waals surface area (Å²) in [6.45, 7) is 3.94. The minimum atomic E-state index is -3.85. The number of carbonyl (C=O) groups is 1. The van der Waals surface area contributed by atoms with Gasteiger partial charge in [0.2, 0.25) is 0 Å². The lowest BCUT2D eigenvalue weighted by Crippen LogP contribution is -2.50. The van der Waals surface area contributed by atoms with Crippen molar-refractivity contribution in [1.82, 2.24) is 4.90 Å². The molecule has 0 spiro atoms. The summed E-state index contributed by atoms with van der Waals surface area (Å²) in [4.78, 5) is 16.6. The van der Waals surface area contributed by atoms with Crippen LogP contribution in [0.3, 0.4) is 0 Å². The fourth-order valence-corrected chi connectivity index (χ4v) is 6.20. The van der Waals surface area contributed by atoms with E-state index in [1.807, 2.05) is 42.2 Å². The van der Waals surface area contributed by atoms with Crippen LogP contribution in [0.1, 0.15) is 11.1 Å². The van der Waals surface area contributed by atoms with Crippen molar-refractivity contribution in [2.24, 2.45) is 0 Å². The molecule has 212 valence electrons. The number of amides is 1. The molecule has 0 radical (unpaired) electrons. The Morgan fingerprint density at radius 3 is 2.12 bits per heavy atom. The molecule has 41 heavy (non-hydrogen) atoms. The largest absolute Gasteiger partial charge is 0.484 e. The Bertz CT molecular complexity index is 1570. The molecule has 1 heterocycles. The van der Waals surface area contributed by atoms with Gasteiger partial charge in [-0.2, -0.15) is 0 Å². The molecule has 0 aromatic heterocycles. The van der Waals surface area contributed by atoms with Gasteiger partial charge in [0, 0.05) is 26.2 Å². The first-order valence-electron chi connectivity index (χ1n) is 13.4. The third kappa shape index (κ3) is 6.69. The molecule has 0 atom stereocenters. The Morgan fingerprint density at radius 1 is 0.829 bits per heavy atom. The quantitative estimate of drug-likeness (QED) is 0.273. The van der Waals surface area contributed by atoms with Crippen molar-refractivity contribution in [1.29, 1.82) is 0 Å². The second-order valence-corrected chi connectivity index (χ2v) is 11.8. The lowest BCUT2D eigenvalue weighted by atomic mass is 10.2. The van der Waals surface area contributed by atoms with Gasteiger partial charge in [0.25, 0.3) is 15.9 Å². The number of para-hydroxylation sites is 1. The van der Waals surface area contributed by atoms with Gasteiger partial charge in [0.05, 0.1) is 22.8 Å². The first-order valence-corrected chi connectivity index (χ1v) is 14.9. The molecule has 0 N–H and O–H groups in total. The molecule has 4 aromatic rings. The van der Waals surface area contributed by atoms with Crippen molar-refractivity contribution in [3.8, 4) is 5.75 Å². The number of hydrogen-bond acceptors (Lipinski definition) is 5. The maximum atomic E-state index is 14.1. The number of hydrogen-bond donors (Lipinski definition) is 0. The number of ether oxygens (including phenoxy) is 1. The molecule has 1 aliphatic heterocycles. The van der Waals surface area contributed by atoms with Crippen molar-refractivity contribution in [3.63, 3.8) is 0 Å². The highest BCUT2D eigenvalue weighted by Gasteiger charge is 2.26. The van der Waals surface area contributed by atoms with E-state index >= 15 is 0 Å². The van der Waals surface area contributed by atoms with Crippen LogP contribution in [0.25, 0.3) is 0 Å². The van der Waals surface area contributed by atoms with Gasteiger partial charge in [0.15, 0.2) is 6.61 Å². The third-order valence-corrected chi connectivity index (χ3v) is 8.88. The van der Waals surface area contributed by atoms with Crippen LogP contribution in [-0.4, -0.2) is 52.0 Å². The highest BCUT2D eigenvalue weighted by atomic mass is 32.2. The second-order valence-electron chi connectivity index (χ2n) is 9.91. The van der Waals surface area contributed by atoms with E-state index in [1.165, 1.54) is 10.4 Å². The van der Waals surface area contributed by atoms with Gasteiger partial charge >= 0.3 is 0 Å². The normalized spacial score (nSPS) is 13.6. The molecule has 5 rings (SSSR count). The maximum absolute atomic E-state index is 14.1. The molecule has 1 saturated heterocycles. The number of rotatable bonds is 9. The lowest BCUT2D eigenvalue weighted by molar-refractivity contribution is -0.133. The molecule has 1 aliphatic rings. The third-order valence-electron chi connectivity index (χ3n) is 7.09. The maximum Gasteiger partial charge on any atom is 0.264 e. The summed E-state index contributed by atoms with van der Waals surface area (Å²) in [5.41, 5.74) is 2.85. The zero-order chi connectivity index (χ0) is 28.8. The van der Waals surface area contributed by atoms with E-state index in [1.54, 1.807) is 71.6 Å². The van der Waals surface area contributed by atoms with E-state index in [-0.39, 0.29) is 29.8 Å². The first kappa shape index (κ1) is 28.2. The summed E-state index contributed by atoms with van der Waals surface area (Å²) in [5.74, 6) is 0.0301. The number of nitrogens with zero attached hydrogens (tertiary/aromatic N) is 3. The topological polar surface area (TPSA) is 70.2 Å². The van der Waals surface area contributed by atoms with E-state index in [2.05, 4.69) is 0 Å². The minimum absolute atomic E-state index is 0.144. The molecule has 0 bridgehead atoms. The predicted molar refractivity (Wildman–Crippen MR) is 158 cm³/mol. The van der Waals surface area contributed by atoms with Crippen molar-refractivity contribution in [3.05, 3.63) is 120 Å². The van der Waals surface area contributed by atoms with Gasteiger partial charge < -0.3 is 14.5 Å². The summed E-state index contributed by atoms with van der Waals surface area (Å²) >= 11 is 0. The average Bonchev–Trinajstić information content (AvgIpc) is 3.00. The Labute approximate surface area is 240 Å². The first-order chi connectivity index (χ1) is 19.8. The van der Waals surface area contributed by atoms with Crippen LogP contribution in [0, 0.1) is 12.7 Å². The zero-order valence-corrected chi connectivity index (χ0v) is 23.6. The standard InChI is InChI=1S/C32H32FN3O4S/c1-25-11-17-29(18-12-25)41(38,39)36(23-26-7-3-2-4-8-26)27-13-15-28(16-14-27)40-24-32(37)35-21-19-34(20-22-35)31-10-6-5-9-30(31)33/h2-18H,19-24H2,1H3. The number of benzene rings is 4. The van der Waals surface area contributed by atoms with Crippen LogP contribution in [0.5, 0.6) is 5.75 Å². The van der Waals surface area contributed by atoms with Crippen LogP contribution in [-0.2, 0) is 21.4 Å². The van der Waals surface area contributed by atoms with Crippen molar-refractivity contribution in [2.75, 3.05) is 42.0 Å². The molecule has 0 aliphatic carbocycles. The zero-order valence-electron chi connectivity index (χ0n) is 22.8. The van der Waals surface area contributed by atoms with E-state index < -0.39 is 10.0 Å². The molecule has 1 amide bonds. The van der Waals surface area contributed by atoms with Gasteiger partial charge in [-0.25, -0.2) is 12.8 Å². The molecule has 4 aromatic carbocycles. The monoisotopic (exact) mass is 573 g/mol. The van der Waals surface area contributed by atoms with Gasteiger partial charge in [-0.1, -0.05) is 60.2 Å². The van der Waals surface area contributed by atoms with E-state index in [0.29, 0.717) is 43.3 Å². The highest BCUT2D eigenvalue weighted by Crippen LogP contribution is 2.28. The molecule has 0 saturated carbocycles. The van der Waals surface area contributed by atoms with Crippen LogP contribution in [0.2, 0.25) is 0 Å². The second kappa shape index (κ2) is 12.4. The number of aryl methyl sites for hydroxylation is 1. The van der Waals surface area contributed by atoms with E-state index in [4.69, 9.17) is 4.74 Å². The Morgan fingerprint density at radius 2 is 1.46 bits per heavy atom. The molecule has 1 fully saturated rings. The van der Waals surface area contributed by atoms with Crippen molar-refractivity contribution >= 4 is 27.3 Å². The van der Waals surface area contributed by atoms with Crippen LogP contribution < -0.4 is 13.9 Å². The average molecular weight is 574 g/mol. The summed E-state index contributed by atoms with van der Waals surface area (Å²) in [6, 6.07) is 29.5. The Balaban J connectivity index is 1.24. The lowest BCUT2D eigenvalue weighted by Gasteiger charge is -2.36. The Kier molecular flexibility index (Phi) is 8.54. The van der Waals surface area contributed by atoms with Gasteiger partial charge in [-0.05, 0) is 61.0 Å². The SMILES string of the molecule is Cc1ccc(S(=O)(=O)N(Cc2ccccc2)c2ccc(OCC(=O)N3CCN(c4ccccc4F)CC3)cc2)cc1. The summed E-state index contributed by atoms with van der Waals surface area (Å²) in [7, 11) is -3.85. The number of carbonyl (C=O) groups excluding carboxylic acids is 1. The van der Waals surface area contributed by atoms with E-state index in [0.717, 1.165) is 11.1 Å². The highest BCUT2D eigenvalue weighted by molar-refractivity contribution is 7.92. The van der Waals surface area contributed by atoms with Gasteiger partial charge in [-0.3, -0.25) is 9.10 Å².